The Bertz CT molecular complexity index is 787. The van der Waals surface area contributed by atoms with Crippen molar-refractivity contribution in [3.05, 3.63) is 41.7 Å². The zero-order valence-electron chi connectivity index (χ0n) is 17.1. The number of benzene rings is 1. The number of tetrazole rings is 1. The first-order chi connectivity index (χ1) is 14.2. The third kappa shape index (κ3) is 4.93. The Morgan fingerprint density at radius 3 is 2.59 bits per heavy atom. The number of hydrogen-bond acceptors (Lipinski definition) is 6. The summed E-state index contributed by atoms with van der Waals surface area (Å²) in [7, 11) is 0. The second kappa shape index (κ2) is 9.35. The van der Waals surface area contributed by atoms with Gasteiger partial charge in [0.15, 0.2) is 0 Å². The maximum absolute atomic E-state index is 12.4. The maximum Gasteiger partial charge on any atom is 0.410 e. The summed E-state index contributed by atoms with van der Waals surface area (Å²) < 4.78 is 7.43. The van der Waals surface area contributed by atoms with Crippen molar-refractivity contribution in [2.75, 3.05) is 26.2 Å². The second-order valence-corrected chi connectivity index (χ2v) is 8.08. The van der Waals surface area contributed by atoms with Crippen molar-refractivity contribution in [1.29, 1.82) is 0 Å². The van der Waals surface area contributed by atoms with Gasteiger partial charge in [-0.25, -0.2) is 9.48 Å². The average Bonchev–Trinajstić information content (AvgIpc) is 3.18. The summed E-state index contributed by atoms with van der Waals surface area (Å²) in [5.41, 5.74) is 1.02. The molecule has 2 aliphatic rings. The lowest BCUT2D eigenvalue weighted by Gasteiger charge is -2.44. The van der Waals surface area contributed by atoms with Crippen LogP contribution >= 0.6 is 0 Å². The van der Waals surface area contributed by atoms with E-state index in [1.165, 1.54) is 25.7 Å². The van der Waals surface area contributed by atoms with Crippen molar-refractivity contribution < 1.29 is 9.53 Å². The van der Waals surface area contributed by atoms with Crippen molar-refractivity contribution in [1.82, 2.24) is 30.0 Å². The molecule has 2 atom stereocenters. The fraction of sp³-hybridized carbons (Fsp3) is 0.619. The molecule has 1 aliphatic heterocycles. The van der Waals surface area contributed by atoms with Gasteiger partial charge in [-0.05, 0) is 41.7 Å². The Hall–Kier alpha value is -2.48. The van der Waals surface area contributed by atoms with Crippen LogP contribution in [-0.4, -0.2) is 68.3 Å². The monoisotopic (exact) mass is 398 g/mol. The summed E-state index contributed by atoms with van der Waals surface area (Å²) in [5, 5.41) is 11.9. The zero-order chi connectivity index (χ0) is 20.1. The Labute approximate surface area is 171 Å². The predicted octanol–water partition coefficient (Wildman–Crippen LogP) is 2.49. The van der Waals surface area contributed by atoms with Gasteiger partial charge in [-0.15, -0.1) is 5.10 Å². The third-order valence-electron chi connectivity index (χ3n) is 6.23. The number of hydrogen-bond donors (Lipinski definition) is 0. The van der Waals surface area contributed by atoms with E-state index in [2.05, 4.69) is 20.4 Å². The zero-order valence-corrected chi connectivity index (χ0v) is 17.1. The molecule has 156 valence electrons. The average molecular weight is 399 g/mol. The molecule has 0 spiro atoms. The van der Waals surface area contributed by atoms with Crippen molar-refractivity contribution in [3.63, 3.8) is 0 Å². The number of rotatable bonds is 5. The van der Waals surface area contributed by atoms with E-state index in [-0.39, 0.29) is 6.09 Å². The molecule has 1 aliphatic carbocycles. The molecule has 1 aromatic carbocycles. The number of aromatic nitrogens is 4. The van der Waals surface area contributed by atoms with E-state index in [4.69, 9.17) is 4.74 Å². The predicted molar refractivity (Wildman–Crippen MR) is 108 cm³/mol. The SMILES string of the molecule is Cc1nnnn1CC1CCCC[C@H]1N1CCN(C(=O)OCc2ccccc2)CC1. The molecule has 1 aromatic heterocycles. The minimum atomic E-state index is -0.210. The van der Waals surface area contributed by atoms with Crippen LogP contribution in [0.25, 0.3) is 0 Å². The van der Waals surface area contributed by atoms with E-state index in [9.17, 15) is 4.79 Å². The van der Waals surface area contributed by atoms with Gasteiger partial charge in [-0.2, -0.15) is 0 Å². The molecule has 8 nitrogen and oxygen atoms in total. The third-order valence-corrected chi connectivity index (χ3v) is 6.23. The van der Waals surface area contributed by atoms with Crippen molar-refractivity contribution in [3.8, 4) is 0 Å². The molecular formula is C21H30N6O2. The van der Waals surface area contributed by atoms with Gasteiger partial charge in [0.25, 0.3) is 0 Å². The highest BCUT2D eigenvalue weighted by Crippen LogP contribution is 2.30. The van der Waals surface area contributed by atoms with Gasteiger partial charge in [0, 0.05) is 38.8 Å². The molecule has 2 heterocycles. The fourth-order valence-electron chi connectivity index (χ4n) is 4.57. The minimum absolute atomic E-state index is 0.210. The number of nitrogens with zero attached hydrogens (tertiary/aromatic N) is 6. The number of carbonyl (C=O) groups excluding carboxylic acids is 1. The quantitative estimate of drug-likeness (QED) is 0.770. The van der Waals surface area contributed by atoms with E-state index >= 15 is 0 Å². The Balaban J connectivity index is 1.28. The molecule has 8 heteroatoms. The molecule has 0 N–H and O–H groups in total. The number of piperazine rings is 1. The van der Waals surface area contributed by atoms with Crippen LogP contribution in [0.3, 0.4) is 0 Å². The molecule has 1 amide bonds. The van der Waals surface area contributed by atoms with Crippen LogP contribution < -0.4 is 0 Å². The Morgan fingerprint density at radius 2 is 1.86 bits per heavy atom. The molecule has 1 unspecified atom stereocenters. The lowest BCUT2D eigenvalue weighted by atomic mass is 9.83. The molecule has 0 bridgehead atoms. The van der Waals surface area contributed by atoms with E-state index in [1.54, 1.807) is 0 Å². The summed E-state index contributed by atoms with van der Waals surface area (Å²) in [6, 6.07) is 10.4. The van der Waals surface area contributed by atoms with E-state index in [0.29, 0.717) is 18.6 Å². The van der Waals surface area contributed by atoms with Crippen LogP contribution in [0.4, 0.5) is 4.79 Å². The van der Waals surface area contributed by atoms with Crippen LogP contribution in [0, 0.1) is 12.8 Å². The first-order valence-corrected chi connectivity index (χ1v) is 10.6. The molecule has 29 heavy (non-hydrogen) atoms. The van der Waals surface area contributed by atoms with Crippen molar-refractivity contribution in [2.24, 2.45) is 5.92 Å². The van der Waals surface area contributed by atoms with Gasteiger partial charge < -0.3 is 9.64 Å². The summed E-state index contributed by atoms with van der Waals surface area (Å²) in [6.45, 7) is 6.41. The topological polar surface area (TPSA) is 76.4 Å². The Morgan fingerprint density at radius 1 is 1.10 bits per heavy atom. The van der Waals surface area contributed by atoms with E-state index in [0.717, 1.165) is 44.1 Å². The lowest BCUT2D eigenvalue weighted by Crippen LogP contribution is -2.54. The van der Waals surface area contributed by atoms with Crippen molar-refractivity contribution >= 4 is 6.09 Å². The normalized spacial score (nSPS) is 23.1. The number of aryl methyl sites for hydroxylation is 1. The highest BCUT2D eigenvalue weighted by atomic mass is 16.6. The molecule has 1 saturated heterocycles. The van der Waals surface area contributed by atoms with Gasteiger partial charge in [0.2, 0.25) is 0 Å². The highest BCUT2D eigenvalue weighted by molar-refractivity contribution is 5.67. The number of amides is 1. The molecule has 0 radical (unpaired) electrons. The van der Waals surface area contributed by atoms with Crippen molar-refractivity contribution in [2.45, 2.75) is 51.8 Å². The number of ether oxygens (including phenoxy) is 1. The highest BCUT2D eigenvalue weighted by Gasteiger charge is 2.33. The molecular weight excluding hydrogens is 368 g/mol. The fourth-order valence-corrected chi connectivity index (χ4v) is 4.57. The molecule has 1 saturated carbocycles. The first kappa shape index (κ1) is 19.8. The largest absolute Gasteiger partial charge is 0.445 e. The van der Waals surface area contributed by atoms with Gasteiger partial charge in [0.1, 0.15) is 12.4 Å². The van der Waals surface area contributed by atoms with Gasteiger partial charge >= 0.3 is 6.09 Å². The van der Waals surface area contributed by atoms with Crippen LogP contribution in [0.5, 0.6) is 0 Å². The first-order valence-electron chi connectivity index (χ1n) is 10.6. The standard InChI is InChI=1S/C21H30N6O2/c1-17-22-23-24-27(17)15-19-9-5-6-10-20(19)25-11-13-26(14-12-25)21(28)29-16-18-7-3-2-4-8-18/h2-4,7-8,19-20H,5-6,9-16H2,1H3/t19?,20-/m1/s1. The van der Waals surface area contributed by atoms with Gasteiger partial charge in [-0.1, -0.05) is 43.2 Å². The van der Waals surface area contributed by atoms with Crippen LogP contribution in [-0.2, 0) is 17.9 Å². The summed E-state index contributed by atoms with van der Waals surface area (Å²) in [4.78, 5) is 16.8. The molecule has 4 rings (SSSR count). The van der Waals surface area contributed by atoms with Gasteiger partial charge in [-0.3, -0.25) is 4.90 Å². The minimum Gasteiger partial charge on any atom is -0.445 e. The molecule has 2 aromatic rings. The maximum atomic E-state index is 12.4. The van der Waals surface area contributed by atoms with Crippen LogP contribution in [0.15, 0.2) is 30.3 Å². The van der Waals surface area contributed by atoms with Crippen LogP contribution in [0.1, 0.15) is 37.1 Å². The van der Waals surface area contributed by atoms with E-state index < -0.39 is 0 Å². The summed E-state index contributed by atoms with van der Waals surface area (Å²) >= 11 is 0. The lowest BCUT2D eigenvalue weighted by molar-refractivity contribution is 0.0324. The molecule has 2 fully saturated rings. The van der Waals surface area contributed by atoms with Crippen LogP contribution in [0.2, 0.25) is 0 Å². The summed E-state index contributed by atoms with van der Waals surface area (Å²) in [6.07, 6.45) is 4.76. The summed E-state index contributed by atoms with van der Waals surface area (Å²) in [5.74, 6) is 1.43. The smallest absolute Gasteiger partial charge is 0.410 e. The van der Waals surface area contributed by atoms with Gasteiger partial charge in [0.05, 0.1) is 0 Å². The van der Waals surface area contributed by atoms with E-state index in [1.807, 2.05) is 46.8 Å². The second-order valence-electron chi connectivity index (χ2n) is 8.08. The Kier molecular flexibility index (Phi) is 6.39. The number of carbonyl (C=O) groups is 1.